The average molecular weight is 272 g/mol. The number of benzene rings is 1. The number of H-pyrrole nitrogens is 1. The van der Waals surface area contributed by atoms with Crippen LogP contribution in [0.2, 0.25) is 0 Å². The van der Waals surface area contributed by atoms with Crippen LogP contribution in [0.25, 0.3) is 0 Å². The van der Waals surface area contributed by atoms with Gasteiger partial charge in [0.15, 0.2) is 0 Å². The summed E-state index contributed by atoms with van der Waals surface area (Å²) in [5.74, 6) is -0.264. The van der Waals surface area contributed by atoms with Gasteiger partial charge in [0.25, 0.3) is 5.56 Å². The van der Waals surface area contributed by atoms with Gasteiger partial charge in [-0.3, -0.25) is 4.79 Å². The van der Waals surface area contributed by atoms with Gasteiger partial charge in [0.2, 0.25) is 0 Å². The van der Waals surface area contributed by atoms with E-state index in [9.17, 15) is 9.18 Å². The fourth-order valence-corrected chi connectivity index (χ4v) is 2.60. The summed E-state index contributed by atoms with van der Waals surface area (Å²) in [7, 11) is 0. The number of fused-ring (bicyclic) bond motifs is 1. The van der Waals surface area contributed by atoms with Crippen LogP contribution in [0.5, 0.6) is 0 Å². The van der Waals surface area contributed by atoms with E-state index < -0.39 is 0 Å². The molecule has 0 unspecified atom stereocenters. The Hall–Kier alpha value is -2.10. The van der Waals surface area contributed by atoms with Crippen molar-refractivity contribution in [1.82, 2.24) is 4.98 Å². The van der Waals surface area contributed by atoms with E-state index in [1.807, 2.05) is 6.07 Å². The van der Waals surface area contributed by atoms with Crippen LogP contribution >= 0.6 is 0 Å². The van der Waals surface area contributed by atoms with Gasteiger partial charge in [0, 0.05) is 29.6 Å². The molecule has 0 spiro atoms. The van der Waals surface area contributed by atoms with Crippen molar-refractivity contribution in [3.05, 3.63) is 63.3 Å². The first-order chi connectivity index (χ1) is 9.45. The third-order valence-electron chi connectivity index (χ3n) is 3.82. The summed E-state index contributed by atoms with van der Waals surface area (Å²) in [6.45, 7) is 5.01. The Bertz CT molecular complexity index is 701. The van der Waals surface area contributed by atoms with Gasteiger partial charge >= 0.3 is 0 Å². The van der Waals surface area contributed by atoms with Crippen molar-refractivity contribution in [3.63, 3.8) is 0 Å². The standard InChI is InChI=1S/C16H17FN2O/c1-16(2)9-18-13-8-11(15(20)19-14(13)16)7-10-3-5-12(17)6-4-10/h3-6,8,18H,7,9H2,1-2H3,(H,19,20). The van der Waals surface area contributed by atoms with Crippen molar-refractivity contribution in [2.75, 3.05) is 11.9 Å². The highest BCUT2D eigenvalue weighted by atomic mass is 19.1. The van der Waals surface area contributed by atoms with Gasteiger partial charge in [-0.05, 0) is 23.8 Å². The van der Waals surface area contributed by atoms with Gasteiger partial charge < -0.3 is 10.3 Å². The minimum absolute atomic E-state index is 0.0527. The average Bonchev–Trinajstić information content (AvgIpc) is 2.69. The molecule has 0 saturated heterocycles. The lowest BCUT2D eigenvalue weighted by Crippen LogP contribution is -2.23. The van der Waals surface area contributed by atoms with E-state index in [0.29, 0.717) is 12.0 Å². The van der Waals surface area contributed by atoms with Crippen molar-refractivity contribution in [2.45, 2.75) is 25.7 Å². The molecule has 4 heteroatoms. The Kier molecular flexibility index (Phi) is 2.89. The highest BCUT2D eigenvalue weighted by Gasteiger charge is 2.31. The molecular weight excluding hydrogens is 255 g/mol. The van der Waals surface area contributed by atoms with Crippen LogP contribution in [0.15, 0.2) is 35.1 Å². The predicted octanol–water partition coefficient (Wildman–Crippen LogP) is 2.81. The minimum atomic E-state index is -0.264. The molecule has 2 N–H and O–H groups in total. The van der Waals surface area contributed by atoms with Gasteiger partial charge in [-0.15, -0.1) is 0 Å². The summed E-state index contributed by atoms with van der Waals surface area (Å²) < 4.78 is 12.9. The highest BCUT2D eigenvalue weighted by Crippen LogP contribution is 2.33. The van der Waals surface area contributed by atoms with E-state index in [0.717, 1.165) is 23.5 Å². The molecule has 0 aliphatic carbocycles. The molecule has 1 aromatic heterocycles. The third-order valence-corrected chi connectivity index (χ3v) is 3.82. The number of nitrogens with one attached hydrogen (secondary N) is 2. The normalized spacial score (nSPS) is 15.8. The van der Waals surface area contributed by atoms with Crippen LogP contribution in [0.4, 0.5) is 10.1 Å². The van der Waals surface area contributed by atoms with Crippen LogP contribution < -0.4 is 10.9 Å². The quantitative estimate of drug-likeness (QED) is 0.883. The van der Waals surface area contributed by atoms with Crippen molar-refractivity contribution in [1.29, 1.82) is 0 Å². The maximum Gasteiger partial charge on any atom is 0.251 e. The van der Waals surface area contributed by atoms with Crippen LogP contribution in [0.1, 0.15) is 30.7 Å². The minimum Gasteiger partial charge on any atom is -0.383 e. The number of hydrogen-bond donors (Lipinski definition) is 2. The van der Waals surface area contributed by atoms with Crippen LogP contribution in [0.3, 0.4) is 0 Å². The molecule has 104 valence electrons. The molecule has 1 aliphatic rings. The van der Waals surface area contributed by atoms with Crippen molar-refractivity contribution >= 4 is 5.69 Å². The van der Waals surface area contributed by atoms with Gasteiger partial charge in [0.05, 0.1) is 5.69 Å². The summed E-state index contributed by atoms with van der Waals surface area (Å²) in [6, 6.07) is 8.15. The largest absolute Gasteiger partial charge is 0.383 e. The van der Waals surface area contributed by atoms with Crippen LogP contribution in [-0.2, 0) is 11.8 Å². The Morgan fingerprint density at radius 1 is 1.25 bits per heavy atom. The number of anilines is 1. The number of aromatic nitrogens is 1. The van der Waals surface area contributed by atoms with Crippen molar-refractivity contribution < 1.29 is 4.39 Å². The maximum absolute atomic E-state index is 12.9. The second-order valence-electron chi connectivity index (χ2n) is 5.95. The number of pyridine rings is 1. The molecular formula is C16H17FN2O. The van der Waals surface area contributed by atoms with Crippen molar-refractivity contribution in [2.24, 2.45) is 0 Å². The smallest absolute Gasteiger partial charge is 0.251 e. The highest BCUT2D eigenvalue weighted by molar-refractivity contribution is 5.58. The van der Waals surface area contributed by atoms with E-state index in [4.69, 9.17) is 0 Å². The summed E-state index contributed by atoms with van der Waals surface area (Å²) in [6.07, 6.45) is 0.505. The molecule has 20 heavy (non-hydrogen) atoms. The zero-order valence-electron chi connectivity index (χ0n) is 11.6. The van der Waals surface area contributed by atoms with Gasteiger partial charge in [-0.2, -0.15) is 0 Å². The van der Waals surface area contributed by atoms with Crippen molar-refractivity contribution in [3.8, 4) is 0 Å². The number of halogens is 1. The number of hydrogen-bond acceptors (Lipinski definition) is 2. The Labute approximate surface area is 116 Å². The lowest BCUT2D eigenvalue weighted by Gasteiger charge is -2.16. The van der Waals surface area contributed by atoms with Gasteiger partial charge in [-0.1, -0.05) is 26.0 Å². The molecule has 1 aliphatic heterocycles. The lowest BCUT2D eigenvalue weighted by atomic mass is 9.91. The second-order valence-corrected chi connectivity index (χ2v) is 5.95. The van der Waals surface area contributed by atoms with E-state index in [2.05, 4.69) is 24.1 Å². The SMILES string of the molecule is CC1(C)CNc2cc(Cc3ccc(F)cc3)c(=O)[nH]c21. The summed E-state index contributed by atoms with van der Waals surface area (Å²) in [4.78, 5) is 15.2. The topological polar surface area (TPSA) is 44.9 Å². The Balaban J connectivity index is 1.96. The fraction of sp³-hybridized carbons (Fsp3) is 0.312. The maximum atomic E-state index is 12.9. The first-order valence-electron chi connectivity index (χ1n) is 6.71. The molecule has 3 nitrogen and oxygen atoms in total. The monoisotopic (exact) mass is 272 g/mol. The first-order valence-corrected chi connectivity index (χ1v) is 6.71. The Morgan fingerprint density at radius 2 is 1.95 bits per heavy atom. The summed E-state index contributed by atoms with van der Waals surface area (Å²) >= 11 is 0. The molecule has 0 bridgehead atoms. The Morgan fingerprint density at radius 3 is 2.65 bits per heavy atom. The number of rotatable bonds is 2. The van der Waals surface area contributed by atoms with Crippen LogP contribution in [-0.4, -0.2) is 11.5 Å². The lowest BCUT2D eigenvalue weighted by molar-refractivity contribution is 0.566. The van der Waals surface area contributed by atoms with Crippen LogP contribution in [0, 0.1) is 5.82 Å². The zero-order valence-corrected chi connectivity index (χ0v) is 11.6. The molecule has 2 aromatic rings. The molecule has 0 atom stereocenters. The zero-order chi connectivity index (χ0) is 14.3. The molecule has 0 amide bonds. The van der Waals surface area contributed by atoms with E-state index in [1.54, 1.807) is 12.1 Å². The van der Waals surface area contributed by atoms with Gasteiger partial charge in [-0.25, -0.2) is 4.39 Å². The van der Waals surface area contributed by atoms with E-state index in [-0.39, 0.29) is 16.8 Å². The number of aromatic amines is 1. The van der Waals surface area contributed by atoms with E-state index >= 15 is 0 Å². The molecule has 2 heterocycles. The predicted molar refractivity (Wildman–Crippen MR) is 77.8 cm³/mol. The second kappa shape index (κ2) is 4.47. The van der Waals surface area contributed by atoms with E-state index in [1.165, 1.54) is 12.1 Å². The molecule has 3 rings (SSSR count). The van der Waals surface area contributed by atoms with Gasteiger partial charge in [0.1, 0.15) is 5.82 Å². The fourth-order valence-electron chi connectivity index (χ4n) is 2.60. The first kappa shape index (κ1) is 12.9. The summed E-state index contributed by atoms with van der Waals surface area (Å²) in [5.41, 5.74) is 3.46. The molecule has 0 radical (unpaired) electrons. The summed E-state index contributed by atoms with van der Waals surface area (Å²) in [5, 5.41) is 3.32. The molecule has 0 fully saturated rings. The molecule has 1 aromatic carbocycles. The third kappa shape index (κ3) is 2.22. The molecule has 0 saturated carbocycles.